The maximum Gasteiger partial charge on any atom is 0.261 e. The summed E-state index contributed by atoms with van der Waals surface area (Å²) in [7, 11) is -2.17. The third-order valence-corrected chi connectivity index (χ3v) is 7.92. The SMILES string of the molecule is CCN(CC)S(=O)(=O)c1ccc2c(c1)CCN2C(=O)c1ccc2c(c1)C(=O)N(C)C2=O. The molecule has 31 heavy (non-hydrogen) atoms. The van der Waals surface area contributed by atoms with Crippen molar-refractivity contribution in [2.24, 2.45) is 0 Å². The van der Waals surface area contributed by atoms with Gasteiger partial charge in [0, 0.05) is 37.9 Å². The Hall–Kier alpha value is -3.04. The Balaban J connectivity index is 1.65. The first-order valence-corrected chi connectivity index (χ1v) is 11.6. The van der Waals surface area contributed by atoms with Crippen LogP contribution in [0.2, 0.25) is 0 Å². The highest BCUT2D eigenvalue weighted by Gasteiger charge is 2.34. The standard InChI is InChI=1S/C22H23N3O5S/c1-4-24(5-2)31(29,30)16-7-9-19-14(12-16)10-11-25(19)20(26)15-6-8-17-18(13-15)22(28)23(3)21(17)27/h6-9,12-13H,4-5,10-11H2,1-3H3. The highest BCUT2D eigenvalue weighted by atomic mass is 32.2. The van der Waals surface area contributed by atoms with E-state index in [0.717, 1.165) is 10.5 Å². The van der Waals surface area contributed by atoms with Gasteiger partial charge in [0.2, 0.25) is 10.0 Å². The van der Waals surface area contributed by atoms with Crippen LogP contribution in [0, 0.1) is 0 Å². The number of benzene rings is 2. The second kappa shape index (κ2) is 7.58. The molecule has 0 spiro atoms. The minimum Gasteiger partial charge on any atom is -0.308 e. The van der Waals surface area contributed by atoms with Crippen LogP contribution in [-0.4, -0.2) is 62.0 Å². The maximum absolute atomic E-state index is 13.2. The molecular weight excluding hydrogens is 418 g/mol. The predicted molar refractivity (Wildman–Crippen MR) is 115 cm³/mol. The zero-order valence-corrected chi connectivity index (χ0v) is 18.4. The summed E-state index contributed by atoms with van der Waals surface area (Å²) >= 11 is 0. The van der Waals surface area contributed by atoms with Crippen molar-refractivity contribution in [1.82, 2.24) is 9.21 Å². The van der Waals surface area contributed by atoms with Crippen molar-refractivity contribution in [2.75, 3.05) is 31.6 Å². The molecule has 0 bridgehead atoms. The summed E-state index contributed by atoms with van der Waals surface area (Å²) in [4.78, 5) is 40.3. The third-order valence-electron chi connectivity index (χ3n) is 5.87. The Labute approximate surface area is 181 Å². The molecule has 2 aromatic carbocycles. The van der Waals surface area contributed by atoms with Gasteiger partial charge in [-0.05, 0) is 48.4 Å². The zero-order valence-electron chi connectivity index (χ0n) is 17.6. The highest BCUT2D eigenvalue weighted by molar-refractivity contribution is 7.89. The number of fused-ring (bicyclic) bond motifs is 2. The first kappa shape index (κ1) is 21.2. The molecule has 0 saturated carbocycles. The van der Waals surface area contributed by atoms with Crippen molar-refractivity contribution in [3.63, 3.8) is 0 Å². The predicted octanol–water partition coefficient (Wildman–Crippen LogP) is 2.15. The smallest absolute Gasteiger partial charge is 0.261 e. The van der Waals surface area contributed by atoms with Crippen molar-refractivity contribution in [1.29, 1.82) is 0 Å². The lowest BCUT2D eigenvalue weighted by atomic mass is 10.0. The first-order chi connectivity index (χ1) is 14.7. The van der Waals surface area contributed by atoms with Gasteiger partial charge in [0.1, 0.15) is 0 Å². The molecule has 0 unspecified atom stereocenters. The summed E-state index contributed by atoms with van der Waals surface area (Å²) in [5.41, 5.74) is 2.26. The quantitative estimate of drug-likeness (QED) is 0.663. The van der Waals surface area contributed by atoms with Crippen LogP contribution in [0.3, 0.4) is 0 Å². The summed E-state index contributed by atoms with van der Waals surface area (Å²) in [6, 6.07) is 9.32. The van der Waals surface area contributed by atoms with Crippen molar-refractivity contribution in [2.45, 2.75) is 25.2 Å². The number of carbonyl (C=O) groups is 3. The molecule has 0 fully saturated rings. The average molecular weight is 442 g/mol. The Morgan fingerprint density at radius 1 is 1.00 bits per heavy atom. The van der Waals surface area contributed by atoms with Crippen molar-refractivity contribution in [3.8, 4) is 0 Å². The van der Waals surface area contributed by atoms with Crippen LogP contribution in [-0.2, 0) is 16.4 Å². The lowest BCUT2D eigenvalue weighted by molar-refractivity contribution is 0.0693. The zero-order chi connectivity index (χ0) is 22.5. The minimum absolute atomic E-state index is 0.217. The lowest BCUT2D eigenvalue weighted by Gasteiger charge is -2.20. The van der Waals surface area contributed by atoms with Crippen LogP contribution in [0.1, 0.15) is 50.5 Å². The molecule has 2 heterocycles. The summed E-state index contributed by atoms with van der Waals surface area (Å²) < 4.78 is 27.0. The normalized spacial score (nSPS) is 15.6. The average Bonchev–Trinajstić information content (AvgIpc) is 3.28. The Bertz CT molecular complexity index is 1220. The highest BCUT2D eigenvalue weighted by Crippen LogP contribution is 2.33. The van der Waals surface area contributed by atoms with Gasteiger partial charge in [0.25, 0.3) is 17.7 Å². The molecule has 8 nitrogen and oxygen atoms in total. The van der Waals surface area contributed by atoms with Crippen LogP contribution < -0.4 is 4.90 Å². The van der Waals surface area contributed by atoms with E-state index >= 15 is 0 Å². The summed E-state index contributed by atoms with van der Waals surface area (Å²) in [5, 5.41) is 0. The van der Waals surface area contributed by atoms with E-state index in [4.69, 9.17) is 0 Å². The molecule has 0 radical (unpaired) electrons. The summed E-state index contributed by atoms with van der Waals surface area (Å²) in [5.74, 6) is -1.11. The molecule has 2 aliphatic rings. The summed E-state index contributed by atoms with van der Waals surface area (Å²) in [6.45, 7) is 4.76. The van der Waals surface area contributed by atoms with E-state index in [0.29, 0.717) is 37.3 Å². The van der Waals surface area contributed by atoms with Gasteiger partial charge >= 0.3 is 0 Å². The van der Waals surface area contributed by atoms with Gasteiger partial charge in [-0.3, -0.25) is 19.3 Å². The number of hydrogen-bond donors (Lipinski definition) is 0. The molecular formula is C22H23N3O5S. The number of hydrogen-bond acceptors (Lipinski definition) is 5. The molecule has 2 aromatic rings. The summed E-state index contributed by atoms with van der Waals surface area (Å²) in [6.07, 6.45) is 0.535. The van der Waals surface area contributed by atoms with Crippen LogP contribution >= 0.6 is 0 Å². The molecule has 4 rings (SSSR count). The number of sulfonamides is 1. The van der Waals surface area contributed by atoms with Crippen LogP contribution in [0.4, 0.5) is 5.69 Å². The fourth-order valence-electron chi connectivity index (χ4n) is 4.11. The molecule has 9 heteroatoms. The van der Waals surface area contributed by atoms with Gasteiger partial charge in [-0.25, -0.2) is 8.42 Å². The Kier molecular flexibility index (Phi) is 5.18. The van der Waals surface area contributed by atoms with Gasteiger partial charge in [-0.1, -0.05) is 13.8 Å². The van der Waals surface area contributed by atoms with Crippen LogP contribution in [0.15, 0.2) is 41.3 Å². The topological polar surface area (TPSA) is 95.1 Å². The van der Waals surface area contributed by atoms with E-state index in [2.05, 4.69) is 0 Å². The van der Waals surface area contributed by atoms with Crippen LogP contribution in [0.5, 0.6) is 0 Å². The number of carbonyl (C=O) groups excluding carboxylic acids is 3. The van der Waals surface area contributed by atoms with Gasteiger partial charge in [-0.15, -0.1) is 0 Å². The molecule has 3 amide bonds. The van der Waals surface area contributed by atoms with Crippen molar-refractivity contribution >= 4 is 33.4 Å². The van der Waals surface area contributed by atoms with Gasteiger partial charge in [0.15, 0.2) is 0 Å². The lowest BCUT2D eigenvalue weighted by Crippen LogP contribution is -2.31. The van der Waals surface area contributed by atoms with E-state index < -0.39 is 15.9 Å². The van der Waals surface area contributed by atoms with Crippen LogP contribution in [0.25, 0.3) is 0 Å². The monoisotopic (exact) mass is 441 g/mol. The minimum atomic E-state index is -3.58. The van der Waals surface area contributed by atoms with E-state index in [1.807, 2.05) is 0 Å². The first-order valence-electron chi connectivity index (χ1n) is 10.1. The van der Waals surface area contributed by atoms with E-state index in [1.165, 1.54) is 29.6 Å². The Morgan fingerprint density at radius 2 is 1.68 bits per heavy atom. The van der Waals surface area contributed by atoms with E-state index in [1.54, 1.807) is 36.9 Å². The Morgan fingerprint density at radius 3 is 2.35 bits per heavy atom. The van der Waals surface area contributed by atoms with Gasteiger partial charge in [0.05, 0.1) is 16.0 Å². The third kappa shape index (κ3) is 3.24. The molecule has 0 aliphatic carbocycles. The number of imide groups is 1. The molecule has 2 aliphatic heterocycles. The largest absolute Gasteiger partial charge is 0.308 e. The molecule has 0 N–H and O–H groups in total. The van der Waals surface area contributed by atoms with E-state index in [-0.39, 0.29) is 27.8 Å². The fraction of sp³-hybridized carbons (Fsp3) is 0.318. The maximum atomic E-state index is 13.2. The molecule has 162 valence electrons. The van der Waals surface area contributed by atoms with Gasteiger partial charge in [-0.2, -0.15) is 4.31 Å². The van der Waals surface area contributed by atoms with Gasteiger partial charge < -0.3 is 4.90 Å². The fourth-order valence-corrected chi connectivity index (χ4v) is 5.62. The molecule has 0 aromatic heterocycles. The number of anilines is 1. The molecule has 0 atom stereocenters. The number of amides is 3. The second-order valence-electron chi connectivity index (χ2n) is 7.52. The second-order valence-corrected chi connectivity index (χ2v) is 9.45. The van der Waals surface area contributed by atoms with Crippen molar-refractivity contribution in [3.05, 3.63) is 58.7 Å². The molecule has 0 saturated heterocycles. The van der Waals surface area contributed by atoms with Crippen molar-refractivity contribution < 1.29 is 22.8 Å². The van der Waals surface area contributed by atoms with E-state index in [9.17, 15) is 22.8 Å². The number of rotatable bonds is 5. The number of nitrogens with zero attached hydrogens (tertiary/aromatic N) is 3.